The summed E-state index contributed by atoms with van der Waals surface area (Å²) in [5, 5.41) is 3.79. The van der Waals surface area contributed by atoms with Crippen molar-refractivity contribution in [1.29, 1.82) is 0 Å². The predicted octanol–water partition coefficient (Wildman–Crippen LogP) is 3.98. The second-order valence-electron chi connectivity index (χ2n) is 8.02. The van der Waals surface area contributed by atoms with Crippen molar-refractivity contribution in [3.8, 4) is 0 Å². The van der Waals surface area contributed by atoms with Gasteiger partial charge in [-0.2, -0.15) is 0 Å². The van der Waals surface area contributed by atoms with Crippen LogP contribution in [0.2, 0.25) is 0 Å². The molecule has 0 aromatic heterocycles. The van der Waals surface area contributed by atoms with Gasteiger partial charge in [0.15, 0.2) is 0 Å². The summed E-state index contributed by atoms with van der Waals surface area (Å²) in [4.78, 5) is 2.69. The van der Waals surface area contributed by atoms with E-state index in [9.17, 15) is 0 Å². The zero-order valence-electron chi connectivity index (χ0n) is 14.7. The fourth-order valence-electron chi connectivity index (χ4n) is 3.18. The Morgan fingerprint density at radius 3 is 2.62 bits per heavy atom. The van der Waals surface area contributed by atoms with Gasteiger partial charge in [0.2, 0.25) is 0 Å². The molecule has 2 atom stereocenters. The molecule has 1 aromatic carbocycles. The van der Waals surface area contributed by atoms with Crippen molar-refractivity contribution in [2.24, 2.45) is 5.41 Å². The first-order valence-corrected chi connectivity index (χ1v) is 8.28. The van der Waals surface area contributed by atoms with Gasteiger partial charge in [0.25, 0.3) is 0 Å². The molecule has 2 unspecified atom stereocenters. The number of hydrogen-bond donors (Lipinski definition) is 1. The summed E-state index contributed by atoms with van der Waals surface area (Å²) in [6.07, 6.45) is 1.18. The number of aryl methyl sites for hydroxylation is 1. The highest BCUT2D eigenvalue weighted by molar-refractivity contribution is 5.22. The molecule has 0 radical (unpaired) electrons. The molecule has 2 rings (SSSR count). The van der Waals surface area contributed by atoms with Gasteiger partial charge in [-0.05, 0) is 31.2 Å². The van der Waals surface area contributed by atoms with E-state index < -0.39 is 0 Å². The number of nitrogens with zero attached hydrogens (tertiary/aromatic N) is 1. The third-order valence-corrected chi connectivity index (χ3v) is 5.16. The van der Waals surface area contributed by atoms with Crippen LogP contribution in [0.3, 0.4) is 0 Å². The standard InChI is InChI=1S/C19H32N2/c1-7-19(6)14-20-17(18(3,4)5)13-21(19)12-16-10-8-9-15(2)11-16/h8-11,17,20H,7,12-14H2,1-6H3. The van der Waals surface area contributed by atoms with Gasteiger partial charge in [0.1, 0.15) is 0 Å². The molecular formula is C19H32N2. The highest BCUT2D eigenvalue weighted by Gasteiger charge is 2.39. The second-order valence-corrected chi connectivity index (χ2v) is 8.02. The first kappa shape index (κ1) is 16.5. The lowest BCUT2D eigenvalue weighted by Gasteiger charge is -2.51. The van der Waals surface area contributed by atoms with E-state index in [0.717, 1.165) is 19.6 Å². The van der Waals surface area contributed by atoms with Gasteiger partial charge >= 0.3 is 0 Å². The van der Waals surface area contributed by atoms with E-state index in [-0.39, 0.29) is 5.54 Å². The number of benzene rings is 1. The molecule has 0 bridgehead atoms. The second kappa shape index (κ2) is 6.10. The molecule has 1 saturated heterocycles. The fraction of sp³-hybridized carbons (Fsp3) is 0.684. The van der Waals surface area contributed by atoms with E-state index in [1.54, 1.807) is 0 Å². The van der Waals surface area contributed by atoms with Gasteiger partial charge < -0.3 is 5.32 Å². The zero-order chi connectivity index (χ0) is 15.7. The average Bonchev–Trinajstić information content (AvgIpc) is 2.40. The smallest absolute Gasteiger partial charge is 0.0307 e. The summed E-state index contributed by atoms with van der Waals surface area (Å²) in [6.45, 7) is 17.2. The van der Waals surface area contributed by atoms with Crippen LogP contribution in [0.1, 0.15) is 52.2 Å². The van der Waals surface area contributed by atoms with Crippen molar-refractivity contribution in [3.63, 3.8) is 0 Å². The summed E-state index contributed by atoms with van der Waals surface area (Å²) in [5.41, 5.74) is 3.35. The number of hydrogen-bond acceptors (Lipinski definition) is 2. The van der Waals surface area contributed by atoms with Crippen molar-refractivity contribution >= 4 is 0 Å². The van der Waals surface area contributed by atoms with Crippen LogP contribution >= 0.6 is 0 Å². The molecule has 1 aliphatic rings. The lowest BCUT2D eigenvalue weighted by molar-refractivity contribution is 0.0157. The minimum atomic E-state index is 0.255. The molecular weight excluding hydrogens is 256 g/mol. The highest BCUT2D eigenvalue weighted by Crippen LogP contribution is 2.30. The van der Waals surface area contributed by atoms with Crippen molar-refractivity contribution in [2.45, 2.75) is 66.1 Å². The van der Waals surface area contributed by atoms with E-state index in [4.69, 9.17) is 0 Å². The summed E-state index contributed by atoms with van der Waals surface area (Å²) in [5.74, 6) is 0. The molecule has 1 N–H and O–H groups in total. The Balaban J connectivity index is 2.18. The Labute approximate surface area is 130 Å². The fourth-order valence-corrected chi connectivity index (χ4v) is 3.18. The molecule has 1 aromatic rings. The molecule has 118 valence electrons. The summed E-state index contributed by atoms with van der Waals surface area (Å²) in [7, 11) is 0. The zero-order valence-corrected chi connectivity index (χ0v) is 14.7. The Bertz CT molecular complexity index is 475. The van der Waals surface area contributed by atoms with Gasteiger partial charge in [0, 0.05) is 31.2 Å². The monoisotopic (exact) mass is 288 g/mol. The van der Waals surface area contributed by atoms with Crippen LogP contribution in [-0.2, 0) is 6.54 Å². The highest BCUT2D eigenvalue weighted by atomic mass is 15.3. The number of rotatable bonds is 3. The largest absolute Gasteiger partial charge is 0.310 e. The molecule has 2 nitrogen and oxygen atoms in total. The summed E-state index contributed by atoms with van der Waals surface area (Å²) < 4.78 is 0. The maximum atomic E-state index is 3.79. The van der Waals surface area contributed by atoms with Crippen LogP contribution in [0.4, 0.5) is 0 Å². The SMILES string of the molecule is CCC1(C)CNC(C(C)(C)C)CN1Cc1cccc(C)c1. The molecule has 0 amide bonds. The van der Waals surface area contributed by atoms with E-state index in [0.29, 0.717) is 11.5 Å². The Morgan fingerprint density at radius 2 is 2.05 bits per heavy atom. The molecule has 1 aliphatic heterocycles. The van der Waals surface area contributed by atoms with Crippen LogP contribution in [0.5, 0.6) is 0 Å². The van der Waals surface area contributed by atoms with Gasteiger partial charge in [0.05, 0.1) is 0 Å². The molecule has 1 heterocycles. The van der Waals surface area contributed by atoms with E-state index >= 15 is 0 Å². The third-order valence-electron chi connectivity index (χ3n) is 5.16. The molecule has 0 saturated carbocycles. The topological polar surface area (TPSA) is 15.3 Å². The van der Waals surface area contributed by atoms with Crippen LogP contribution in [0.25, 0.3) is 0 Å². The Hall–Kier alpha value is -0.860. The van der Waals surface area contributed by atoms with Crippen LogP contribution < -0.4 is 5.32 Å². The van der Waals surface area contributed by atoms with E-state index in [1.165, 1.54) is 17.5 Å². The minimum absolute atomic E-state index is 0.255. The Kier molecular flexibility index (Phi) is 4.79. The van der Waals surface area contributed by atoms with Crippen LogP contribution in [0, 0.1) is 12.3 Å². The van der Waals surface area contributed by atoms with Crippen LogP contribution in [-0.4, -0.2) is 29.6 Å². The lowest BCUT2D eigenvalue weighted by Crippen LogP contribution is -2.65. The normalized spacial score (nSPS) is 27.8. The van der Waals surface area contributed by atoms with Crippen molar-refractivity contribution in [1.82, 2.24) is 10.2 Å². The van der Waals surface area contributed by atoms with Crippen molar-refractivity contribution in [2.75, 3.05) is 13.1 Å². The molecule has 0 aliphatic carbocycles. The molecule has 21 heavy (non-hydrogen) atoms. The lowest BCUT2D eigenvalue weighted by atomic mass is 9.81. The van der Waals surface area contributed by atoms with E-state index in [2.05, 4.69) is 76.0 Å². The van der Waals surface area contributed by atoms with Crippen molar-refractivity contribution < 1.29 is 0 Å². The molecule has 2 heteroatoms. The van der Waals surface area contributed by atoms with Gasteiger partial charge in [-0.25, -0.2) is 0 Å². The maximum Gasteiger partial charge on any atom is 0.0307 e. The average molecular weight is 288 g/mol. The van der Waals surface area contributed by atoms with Crippen molar-refractivity contribution in [3.05, 3.63) is 35.4 Å². The number of nitrogens with one attached hydrogen (secondary N) is 1. The predicted molar refractivity (Wildman–Crippen MR) is 91.5 cm³/mol. The number of piperazine rings is 1. The first-order valence-electron chi connectivity index (χ1n) is 8.28. The molecule has 0 spiro atoms. The first-order chi connectivity index (χ1) is 9.74. The quantitative estimate of drug-likeness (QED) is 0.905. The van der Waals surface area contributed by atoms with Gasteiger partial charge in [-0.15, -0.1) is 0 Å². The third kappa shape index (κ3) is 3.87. The van der Waals surface area contributed by atoms with Gasteiger partial charge in [-0.3, -0.25) is 4.90 Å². The van der Waals surface area contributed by atoms with E-state index in [1.807, 2.05) is 0 Å². The summed E-state index contributed by atoms with van der Waals surface area (Å²) >= 11 is 0. The van der Waals surface area contributed by atoms with Gasteiger partial charge in [-0.1, -0.05) is 57.5 Å². The Morgan fingerprint density at radius 1 is 1.33 bits per heavy atom. The van der Waals surface area contributed by atoms with Crippen LogP contribution in [0.15, 0.2) is 24.3 Å². The molecule has 1 fully saturated rings. The minimum Gasteiger partial charge on any atom is -0.310 e. The summed E-state index contributed by atoms with van der Waals surface area (Å²) in [6, 6.07) is 9.50. The maximum absolute atomic E-state index is 3.79.